The van der Waals surface area contributed by atoms with Gasteiger partial charge >= 0.3 is 0 Å². The van der Waals surface area contributed by atoms with Crippen molar-refractivity contribution < 1.29 is 0 Å². The zero-order chi connectivity index (χ0) is 22.3. The highest BCUT2D eigenvalue weighted by molar-refractivity contribution is 5.25. The summed E-state index contributed by atoms with van der Waals surface area (Å²) in [5, 5.41) is 0. The van der Waals surface area contributed by atoms with E-state index in [1.54, 1.807) is 0 Å². The van der Waals surface area contributed by atoms with Crippen molar-refractivity contribution in [1.82, 2.24) is 24.3 Å². The molecular weight excluding hydrogens is 410 g/mol. The highest BCUT2D eigenvalue weighted by atomic mass is 16.1. The third-order valence-corrected chi connectivity index (χ3v) is 7.78. The van der Waals surface area contributed by atoms with Crippen LogP contribution in [0.2, 0.25) is 0 Å². The van der Waals surface area contributed by atoms with Crippen LogP contribution in [-0.2, 0) is 39.0 Å². The van der Waals surface area contributed by atoms with Crippen LogP contribution in [0.25, 0.3) is 0 Å². The van der Waals surface area contributed by atoms with Crippen LogP contribution in [0, 0.1) is 5.41 Å². The Bertz CT molecular complexity index is 1180. The van der Waals surface area contributed by atoms with E-state index in [4.69, 9.17) is 4.98 Å². The summed E-state index contributed by atoms with van der Waals surface area (Å²) in [6.45, 7) is 6.42. The first kappa shape index (κ1) is 20.8. The van der Waals surface area contributed by atoms with Gasteiger partial charge in [-0.25, -0.2) is 4.98 Å². The molecule has 3 aliphatic heterocycles. The number of pyridine rings is 1. The first-order chi connectivity index (χ1) is 16.2. The maximum absolute atomic E-state index is 13.5. The maximum atomic E-state index is 13.5. The van der Waals surface area contributed by atoms with Crippen LogP contribution in [0.1, 0.15) is 41.2 Å². The fraction of sp³-hybridized carbons (Fsp3) is 0.444. The van der Waals surface area contributed by atoms with Crippen molar-refractivity contribution in [2.24, 2.45) is 5.41 Å². The zero-order valence-electron chi connectivity index (χ0n) is 19.1. The minimum atomic E-state index is 0.188. The summed E-state index contributed by atoms with van der Waals surface area (Å²) < 4.78 is 2.01. The molecule has 6 nitrogen and oxygen atoms in total. The number of rotatable bonds is 4. The molecule has 5 heterocycles. The van der Waals surface area contributed by atoms with E-state index in [-0.39, 0.29) is 11.0 Å². The SMILES string of the molecule is O=c1c2c(nc3n1CC1(CCN(Cc4ccccn4)CC1)C3)CCN(Cc1ccccc1)C2. The summed E-state index contributed by atoms with van der Waals surface area (Å²) in [7, 11) is 0. The van der Waals surface area contributed by atoms with Gasteiger partial charge < -0.3 is 0 Å². The lowest BCUT2D eigenvalue weighted by atomic mass is 9.77. The van der Waals surface area contributed by atoms with Gasteiger partial charge in [-0.1, -0.05) is 36.4 Å². The topological polar surface area (TPSA) is 54.3 Å². The van der Waals surface area contributed by atoms with Gasteiger partial charge in [0.1, 0.15) is 5.82 Å². The number of hydrogen-bond donors (Lipinski definition) is 0. The van der Waals surface area contributed by atoms with E-state index in [1.165, 1.54) is 5.56 Å². The molecule has 0 N–H and O–H groups in total. The van der Waals surface area contributed by atoms with Crippen molar-refractivity contribution in [3.8, 4) is 0 Å². The van der Waals surface area contributed by atoms with Crippen LogP contribution in [0.3, 0.4) is 0 Å². The Hall–Kier alpha value is -2.83. The van der Waals surface area contributed by atoms with Crippen LogP contribution in [0.4, 0.5) is 0 Å². The summed E-state index contributed by atoms with van der Waals surface area (Å²) in [4.78, 5) is 27.9. The second kappa shape index (κ2) is 8.50. The average molecular weight is 442 g/mol. The van der Waals surface area contributed by atoms with E-state index in [2.05, 4.69) is 51.2 Å². The van der Waals surface area contributed by atoms with Crippen LogP contribution in [0.15, 0.2) is 59.5 Å². The average Bonchev–Trinajstić information content (AvgIpc) is 3.21. The molecule has 6 rings (SSSR count). The molecule has 0 radical (unpaired) electrons. The molecule has 0 atom stereocenters. The smallest absolute Gasteiger partial charge is 0.258 e. The lowest BCUT2D eigenvalue weighted by molar-refractivity contribution is 0.0969. The third kappa shape index (κ3) is 4.13. The van der Waals surface area contributed by atoms with E-state index in [1.807, 2.05) is 22.9 Å². The first-order valence-electron chi connectivity index (χ1n) is 12.2. The number of likely N-dealkylation sites (tertiary alicyclic amines) is 1. The fourth-order valence-corrected chi connectivity index (χ4v) is 5.86. The number of benzene rings is 1. The second-order valence-corrected chi connectivity index (χ2v) is 10.1. The monoisotopic (exact) mass is 441 g/mol. The van der Waals surface area contributed by atoms with Gasteiger partial charge in [-0.3, -0.25) is 24.1 Å². The molecule has 1 saturated heterocycles. The molecule has 1 spiro atoms. The fourth-order valence-electron chi connectivity index (χ4n) is 5.86. The summed E-state index contributed by atoms with van der Waals surface area (Å²) >= 11 is 0. The van der Waals surface area contributed by atoms with E-state index in [0.717, 1.165) is 87.7 Å². The summed E-state index contributed by atoms with van der Waals surface area (Å²) in [5.41, 5.74) is 4.79. The molecule has 3 aromatic rings. The molecule has 0 unspecified atom stereocenters. The van der Waals surface area contributed by atoms with E-state index in [0.29, 0.717) is 6.54 Å². The van der Waals surface area contributed by atoms with Gasteiger partial charge in [0.25, 0.3) is 5.56 Å². The van der Waals surface area contributed by atoms with Crippen molar-refractivity contribution >= 4 is 0 Å². The third-order valence-electron chi connectivity index (χ3n) is 7.78. The molecule has 6 heteroatoms. The van der Waals surface area contributed by atoms with Gasteiger partial charge in [-0.05, 0) is 49.0 Å². The Kier molecular flexibility index (Phi) is 5.35. The minimum absolute atomic E-state index is 0.188. The summed E-state index contributed by atoms with van der Waals surface area (Å²) in [5.74, 6) is 1.02. The van der Waals surface area contributed by atoms with Crippen LogP contribution in [-0.4, -0.2) is 44.0 Å². The quantitative estimate of drug-likeness (QED) is 0.623. The van der Waals surface area contributed by atoms with Crippen LogP contribution >= 0.6 is 0 Å². The predicted molar refractivity (Wildman–Crippen MR) is 128 cm³/mol. The predicted octanol–water partition coefficient (Wildman–Crippen LogP) is 3.04. The van der Waals surface area contributed by atoms with Crippen molar-refractivity contribution in [3.05, 3.63) is 93.4 Å². The van der Waals surface area contributed by atoms with Gasteiger partial charge in [-0.2, -0.15) is 0 Å². The van der Waals surface area contributed by atoms with Crippen molar-refractivity contribution in [2.75, 3.05) is 19.6 Å². The standard InChI is InChI=1S/C27H31N5O/c33-26-23-19-31(17-21-6-2-1-3-7-21)13-9-24(23)29-25-16-27(20-32(25)26)10-14-30(15-11-27)18-22-8-4-5-12-28-22/h1-8,12H,9-11,13-20H2. The molecule has 0 bridgehead atoms. The number of fused-ring (bicyclic) bond motifs is 2. The number of nitrogens with zero attached hydrogens (tertiary/aromatic N) is 5. The van der Waals surface area contributed by atoms with Crippen LogP contribution in [0.5, 0.6) is 0 Å². The minimum Gasteiger partial charge on any atom is -0.297 e. The Morgan fingerprint density at radius 1 is 0.909 bits per heavy atom. The summed E-state index contributed by atoms with van der Waals surface area (Å²) in [6.07, 6.45) is 5.92. The molecule has 3 aliphatic rings. The Morgan fingerprint density at radius 2 is 1.73 bits per heavy atom. The van der Waals surface area contributed by atoms with Gasteiger partial charge in [0.2, 0.25) is 0 Å². The highest BCUT2D eigenvalue weighted by Crippen LogP contribution is 2.41. The van der Waals surface area contributed by atoms with Gasteiger partial charge in [-0.15, -0.1) is 0 Å². The molecule has 0 aliphatic carbocycles. The second-order valence-electron chi connectivity index (χ2n) is 10.1. The molecule has 1 fully saturated rings. The first-order valence-corrected chi connectivity index (χ1v) is 12.2. The molecule has 2 aromatic heterocycles. The zero-order valence-corrected chi connectivity index (χ0v) is 19.1. The Morgan fingerprint density at radius 3 is 2.52 bits per heavy atom. The molecule has 33 heavy (non-hydrogen) atoms. The molecule has 0 amide bonds. The molecule has 1 aromatic carbocycles. The van der Waals surface area contributed by atoms with Crippen molar-refractivity contribution in [2.45, 2.75) is 51.9 Å². The van der Waals surface area contributed by atoms with E-state index in [9.17, 15) is 4.79 Å². The number of piperidine rings is 1. The largest absolute Gasteiger partial charge is 0.297 e. The maximum Gasteiger partial charge on any atom is 0.258 e. The molecular formula is C27H31N5O. The van der Waals surface area contributed by atoms with Crippen molar-refractivity contribution in [1.29, 1.82) is 0 Å². The van der Waals surface area contributed by atoms with Crippen molar-refractivity contribution in [3.63, 3.8) is 0 Å². The Labute approximate surface area is 194 Å². The van der Waals surface area contributed by atoms with Gasteiger partial charge in [0, 0.05) is 51.8 Å². The van der Waals surface area contributed by atoms with E-state index >= 15 is 0 Å². The highest BCUT2D eigenvalue weighted by Gasteiger charge is 2.42. The Balaban J connectivity index is 1.15. The molecule has 170 valence electrons. The molecule has 0 saturated carbocycles. The van der Waals surface area contributed by atoms with Crippen LogP contribution < -0.4 is 5.56 Å². The van der Waals surface area contributed by atoms with E-state index < -0.39 is 0 Å². The normalized spacial score (nSPS) is 20.0. The number of aromatic nitrogens is 3. The lowest BCUT2D eigenvalue weighted by Gasteiger charge is -2.38. The summed E-state index contributed by atoms with van der Waals surface area (Å²) in [6, 6.07) is 16.7. The van der Waals surface area contributed by atoms with Gasteiger partial charge in [0.05, 0.1) is 17.0 Å². The number of hydrogen-bond acceptors (Lipinski definition) is 5. The lowest BCUT2D eigenvalue weighted by Crippen LogP contribution is -2.41. The van der Waals surface area contributed by atoms with Gasteiger partial charge in [0.15, 0.2) is 0 Å².